The quantitative estimate of drug-likeness (QED) is 0.800. The lowest BCUT2D eigenvalue weighted by Gasteiger charge is -2.03. The van der Waals surface area contributed by atoms with Crippen LogP contribution < -0.4 is 5.32 Å². The van der Waals surface area contributed by atoms with Crippen LogP contribution in [0.15, 0.2) is 24.3 Å². The van der Waals surface area contributed by atoms with Gasteiger partial charge in [-0.3, -0.25) is 0 Å². The molecule has 1 amide bonds. The number of hydrogen-bond acceptors (Lipinski definition) is 2. The number of hydrogen-bond donors (Lipinski definition) is 2. The molecule has 1 aliphatic rings. The third-order valence-corrected chi connectivity index (χ3v) is 2.87. The van der Waals surface area contributed by atoms with Gasteiger partial charge < -0.3 is 15.0 Å². The third kappa shape index (κ3) is 1.51. The second-order valence-corrected chi connectivity index (χ2v) is 4.17. The van der Waals surface area contributed by atoms with Crippen molar-refractivity contribution < 1.29 is 9.53 Å². The molecular formula is C11H9ClN2O2. The largest absolute Gasteiger partial charge is 0.438 e. The molecule has 1 unspecified atom stereocenters. The number of aromatic amines is 1. The first-order chi connectivity index (χ1) is 7.72. The Bertz CT molecular complexity index is 564. The van der Waals surface area contributed by atoms with Gasteiger partial charge in [0.15, 0.2) is 6.10 Å². The Morgan fingerprint density at radius 2 is 2.25 bits per heavy atom. The average Bonchev–Trinajstić information content (AvgIpc) is 2.83. The number of amides is 1. The van der Waals surface area contributed by atoms with Crippen LogP contribution in [0, 0.1) is 0 Å². The Labute approximate surface area is 96.5 Å². The zero-order valence-electron chi connectivity index (χ0n) is 8.29. The number of fused-ring (bicyclic) bond motifs is 1. The molecule has 3 rings (SSSR count). The van der Waals surface area contributed by atoms with Crippen molar-refractivity contribution in [2.45, 2.75) is 6.10 Å². The molecule has 1 atom stereocenters. The van der Waals surface area contributed by atoms with Gasteiger partial charge in [0.1, 0.15) is 0 Å². The van der Waals surface area contributed by atoms with Crippen LogP contribution in [0.25, 0.3) is 10.9 Å². The van der Waals surface area contributed by atoms with Crippen molar-refractivity contribution in [3.63, 3.8) is 0 Å². The van der Waals surface area contributed by atoms with Crippen LogP contribution in [0.4, 0.5) is 4.79 Å². The van der Waals surface area contributed by atoms with Crippen molar-refractivity contribution in [1.29, 1.82) is 0 Å². The number of carbonyl (C=O) groups is 1. The summed E-state index contributed by atoms with van der Waals surface area (Å²) in [6.45, 7) is 0.499. The van der Waals surface area contributed by atoms with Gasteiger partial charge in [0.25, 0.3) is 0 Å². The first-order valence-corrected chi connectivity index (χ1v) is 5.33. The number of H-pyrrole nitrogens is 1. The SMILES string of the molecule is O=C1NCC(c2cc3cc(Cl)ccc3[nH]2)O1. The summed E-state index contributed by atoms with van der Waals surface area (Å²) in [6, 6.07) is 7.56. The number of ether oxygens (including phenoxy) is 1. The number of nitrogens with one attached hydrogen (secondary N) is 2. The van der Waals surface area contributed by atoms with Crippen molar-refractivity contribution in [3.05, 3.63) is 35.0 Å². The van der Waals surface area contributed by atoms with Crippen LogP contribution in [0.1, 0.15) is 11.8 Å². The predicted molar refractivity (Wildman–Crippen MR) is 60.5 cm³/mol. The summed E-state index contributed by atoms with van der Waals surface area (Å²) in [6.07, 6.45) is -0.611. The van der Waals surface area contributed by atoms with E-state index in [9.17, 15) is 4.79 Å². The van der Waals surface area contributed by atoms with Crippen molar-refractivity contribution in [3.8, 4) is 0 Å². The standard InChI is InChI=1S/C11H9ClN2O2/c12-7-1-2-8-6(3-7)4-9(14-8)10-5-13-11(15)16-10/h1-4,10,14H,5H2,(H,13,15). The summed E-state index contributed by atoms with van der Waals surface area (Å²) in [5, 5.41) is 4.33. The van der Waals surface area contributed by atoms with E-state index in [0.717, 1.165) is 16.6 Å². The molecule has 0 saturated carbocycles. The molecule has 0 aliphatic carbocycles. The molecule has 2 heterocycles. The highest BCUT2D eigenvalue weighted by Crippen LogP contribution is 2.26. The van der Waals surface area contributed by atoms with E-state index in [4.69, 9.17) is 16.3 Å². The van der Waals surface area contributed by atoms with Crippen molar-refractivity contribution in [2.75, 3.05) is 6.54 Å². The highest BCUT2D eigenvalue weighted by Gasteiger charge is 2.25. The van der Waals surface area contributed by atoms with E-state index in [1.54, 1.807) is 0 Å². The number of rotatable bonds is 1. The highest BCUT2D eigenvalue weighted by atomic mass is 35.5. The van der Waals surface area contributed by atoms with Gasteiger partial charge in [0, 0.05) is 15.9 Å². The summed E-state index contributed by atoms with van der Waals surface area (Å²) < 4.78 is 5.09. The maximum atomic E-state index is 10.9. The fourth-order valence-electron chi connectivity index (χ4n) is 1.86. The molecular weight excluding hydrogens is 228 g/mol. The van der Waals surface area contributed by atoms with Gasteiger partial charge >= 0.3 is 6.09 Å². The maximum absolute atomic E-state index is 10.9. The van der Waals surface area contributed by atoms with Crippen molar-refractivity contribution >= 4 is 28.6 Å². The Morgan fingerprint density at radius 1 is 1.38 bits per heavy atom. The predicted octanol–water partition coefficient (Wildman–Crippen LogP) is 2.60. The van der Waals surface area contributed by atoms with Crippen LogP contribution in [0.2, 0.25) is 5.02 Å². The zero-order valence-corrected chi connectivity index (χ0v) is 9.04. The molecule has 0 radical (unpaired) electrons. The van der Waals surface area contributed by atoms with Gasteiger partial charge in [-0.2, -0.15) is 0 Å². The number of halogens is 1. The Balaban J connectivity index is 2.02. The second kappa shape index (κ2) is 3.42. The molecule has 2 N–H and O–H groups in total. The highest BCUT2D eigenvalue weighted by molar-refractivity contribution is 6.31. The van der Waals surface area contributed by atoms with Crippen LogP contribution in [-0.4, -0.2) is 17.6 Å². The zero-order chi connectivity index (χ0) is 11.1. The monoisotopic (exact) mass is 236 g/mol. The molecule has 16 heavy (non-hydrogen) atoms. The lowest BCUT2D eigenvalue weighted by Crippen LogP contribution is -2.12. The van der Waals surface area contributed by atoms with Gasteiger partial charge in [0.05, 0.1) is 12.2 Å². The van der Waals surface area contributed by atoms with E-state index in [-0.39, 0.29) is 12.2 Å². The van der Waals surface area contributed by atoms with Crippen molar-refractivity contribution in [2.24, 2.45) is 0 Å². The molecule has 0 bridgehead atoms. The Kier molecular flexibility index (Phi) is 2.04. The van der Waals surface area contributed by atoms with Crippen LogP contribution >= 0.6 is 11.6 Å². The summed E-state index contributed by atoms with van der Waals surface area (Å²) >= 11 is 5.90. The normalized spacial score (nSPS) is 19.8. The molecule has 0 spiro atoms. The van der Waals surface area contributed by atoms with Gasteiger partial charge in [0.2, 0.25) is 0 Å². The van der Waals surface area contributed by atoms with E-state index < -0.39 is 0 Å². The molecule has 2 aromatic rings. The van der Waals surface area contributed by atoms with Crippen LogP contribution in [0.5, 0.6) is 0 Å². The average molecular weight is 237 g/mol. The smallest absolute Gasteiger partial charge is 0.408 e. The van der Waals surface area contributed by atoms with Gasteiger partial charge in [-0.25, -0.2) is 4.79 Å². The van der Waals surface area contributed by atoms with Gasteiger partial charge in [-0.1, -0.05) is 11.6 Å². The van der Waals surface area contributed by atoms with Crippen molar-refractivity contribution in [1.82, 2.24) is 10.3 Å². The lowest BCUT2D eigenvalue weighted by molar-refractivity contribution is 0.139. The van der Waals surface area contributed by atoms with E-state index >= 15 is 0 Å². The fourth-order valence-corrected chi connectivity index (χ4v) is 2.04. The van der Waals surface area contributed by atoms with E-state index in [0.29, 0.717) is 11.6 Å². The number of aromatic nitrogens is 1. The molecule has 1 aliphatic heterocycles. The minimum atomic E-state index is -0.373. The molecule has 82 valence electrons. The maximum Gasteiger partial charge on any atom is 0.408 e. The first kappa shape index (κ1) is 9.54. The third-order valence-electron chi connectivity index (χ3n) is 2.63. The van der Waals surface area contributed by atoms with Crippen LogP contribution in [-0.2, 0) is 4.74 Å². The number of cyclic esters (lactones) is 1. The fraction of sp³-hybridized carbons (Fsp3) is 0.182. The number of carbonyl (C=O) groups excluding carboxylic acids is 1. The molecule has 1 saturated heterocycles. The minimum absolute atomic E-state index is 0.237. The minimum Gasteiger partial charge on any atom is -0.438 e. The molecule has 5 heteroatoms. The molecule has 1 aromatic heterocycles. The Morgan fingerprint density at radius 3 is 3.00 bits per heavy atom. The number of benzene rings is 1. The summed E-state index contributed by atoms with van der Waals surface area (Å²) in [5.41, 5.74) is 1.87. The molecule has 1 aromatic carbocycles. The summed E-state index contributed by atoms with van der Waals surface area (Å²) in [5.74, 6) is 0. The van der Waals surface area contributed by atoms with Crippen LogP contribution in [0.3, 0.4) is 0 Å². The molecule has 4 nitrogen and oxygen atoms in total. The first-order valence-electron chi connectivity index (χ1n) is 4.95. The van der Waals surface area contributed by atoms with Gasteiger partial charge in [-0.15, -0.1) is 0 Å². The number of alkyl carbamates (subject to hydrolysis) is 1. The Hall–Kier alpha value is -1.68. The van der Waals surface area contributed by atoms with E-state index in [1.807, 2.05) is 24.3 Å². The van der Waals surface area contributed by atoms with E-state index in [1.165, 1.54) is 0 Å². The summed E-state index contributed by atoms with van der Waals surface area (Å²) in [7, 11) is 0. The summed E-state index contributed by atoms with van der Waals surface area (Å²) in [4.78, 5) is 14.1. The van der Waals surface area contributed by atoms with Gasteiger partial charge in [-0.05, 0) is 24.3 Å². The molecule has 1 fully saturated rings. The second-order valence-electron chi connectivity index (χ2n) is 3.73. The van der Waals surface area contributed by atoms with E-state index in [2.05, 4.69) is 10.3 Å². The topological polar surface area (TPSA) is 54.1 Å². The lowest BCUT2D eigenvalue weighted by atomic mass is 10.2.